The van der Waals surface area contributed by atoms with Crippen molar-refractivity contribution in [3.8, 4) is 0 Å². The van der Waals surface area contributed by atoms with E-state index in [0.29, 0.717) is 10.9 Å². The second kappa shape index (κ2) is 4.67. The van der Waals surface area contributed by atoms with Gasteiger partial charge in [0.25, 0.3) is 5.69 Å². The third-order valence-electron chi connectivity index (χ3n) is 2.78. The number of nitrogens with zero attached hydrogens (tertiary/aromatic N) is 1. The SMILES string of the molecule is O=C(O)C(O)C(O)c1c[nH]c2ccc([N+](=O)[O-])cc12. The number of nitrogens with one attached hydrogen (secondary N) is 1. The first-order valence-corrected chi connectivity index (χ1v) is 5.26. The number of non-ortho nitro benzene ring substituents is 1. The summed E-state index contributed by atoms with van der Waals surface area (Å²) in [5.74, 6) is -1.58. The molecule has 0 radical (unpaired) electrons. The number of carbonyl (C=O) groups is 1. The average molecular weight is 266 g/mol. The molecule has 0 aliphatic heterocycles. The van der Waals surface area contributed by atoms with Crippen molar-refractivity contribution in [3.05, 3.63) is 40.1 Å². The molecular formula is C11H10N2O6. The first kappa shape index (κ1) is 13.0. The Balaban J connectivity index is 2.52. The van der Waals surface area contributed by atoms with E-state index in [1.807, 2.05) is 0 Å². The van der Waals surface area contributed by atoms with Crippen LogP contribution in [0.1, 0.15) is 11.7 Å². The topological polar surface area (TPSA) is 137 Å². The molecule has 100 valence electrons. The zero-order valence-corrected chi connectivity index (χ0v) is 9.48. The van der Waals surface area contributed by atoms with Gasteiger partial charge in [0.15, 0.2) is 6.10 Å². The Kier molecular flexibility index (Phi) is 3.19. The van der Waals surface area contributed by atoms with Gasteiger partial charge in [-0.25, -0.2) is 4.79 Å². The summed E-state index contributed by atoms with van der Waals surface area (Å²) in [7, 11) is 0. The normalized spacial score (nSPS) is 14.2. The maximum atomic E-state index is 10.7. The number of aliphatic hydroxyl groups is 2. The molecule has 4 N–H and O–H groups in total. The Morgan fingerprint density at radius 2 is 2.05 bits per heavy atom. The van der Waals surface area contributed by atoms with Crippen molar-refractivity contribution in [2.75, 3.05) is 0 Å². The standard InChI is InChI=1S/C11H10N2O6/c14-9(10(15)11(16)17)7-4-12-8-2-1-5(13(18)19)3-6(7)8/h1-4,9-10,12,14-15H,(H,16,17). The molecule has 2 atom stereocenters. The van der Waals surface area contributed by atoms with Crippen LogP contribution in [0.2, 0.25) is 0 Å². The highest BCUT2D eigenvalue weighted by Gasteiger charge is 2.27. The molecule has 0 aliphatic carbocycles. The number of carboxylic acids is 1. The monoisotopic (exact) mass is 266 g/mol. The van der Waals surface area contributed by atoms with E-state index < -0.39 is 23.1 Å². The van der Waals surface area contributed by atoms with E-state index in [2.05, 4.69) is 4.98 Å². The van der Waals surface area contributed by atoms with Crippen molar-refractivity contribution in [2.24, 2.45) is 0 Å². The van der Waals surface area contributed by atoms with Gasteiger partial charge in [-0.3, -0.25) is 10.1 Å². The highest BCUT2D eigenvalue weighted by molar-refractivity contribution is 5.86. The summed E-state index contributed by atoms with van der Waals surface area (Å²) in [6.07, 6.45) is -2.36. The molecule has 2 unspecified atom stereocenters. The first-order chi connectivity index (χ1) is 8.91. The molecule has 19 heavy (non-hydrogen) atoms. The summed E-state index contributed by atoms with van der Waals surface area (Å²) in [4.78, 5) is 23.4. The zero-order valence-electron chi connectivity index (χ0n) is 9.48. The molecule has 0 saturated carbocycles. The maximum Gasteiger partial charge on any atom is 0.335 e. The first-order valence-electron chi connectivity index (χ1n) is 5.26. The molecular weight excluding hydrogens is 256 g/mol. The van der Waals surface area contributed by atoms with Crippen LogP contribution in [0, 0.1) is 10.1 Å². The summed E-state index contributed by atoms with van der Waals surface area (Å²) in [6.45, 7) is 0. The van der Waals surface area contributed by atoms with E-state index in [1.54, 1.807) is 0 Å². The van der Waals surface area contributed by atoms with Gasteiger partial charge in [0.1, 0.15) is 6.10 Å². The number of hydrogen-bond acceptors (Lipinski definition) is 5. The van der Waals surface area contributed by atoms with Gasteiger partial charge in [0.2, 0.25) is 0 Å². The van der Waals surface area contributed by atoms with Crippen molar-refractivity contribution >= 4 is 22.6 Å². The number of aliphatic hydroxyl groups excluding tert-OH is 2. The molecule has 1 aromatic carbocycles. The smallest absolute Gasteiger partial charge is 0.335 e. The fourth-order valence-electron chi connectivity index (χ4n) is 1.79. The number of hydrogen-bond donors (Lipinski definition) is 4. The second-order valence-corrected chi connectivity index (χ2v) is 3.96. The molecule has 1 aromatic heterocycles. The van der Waals surface area contributed by atoms with E-state index in [1.165, 1.54) is 24.4 Å². The number of aromatic nitrogens is 1. The molecule has 8 heteroatoms. The molecule has 0 aliphatic rings. The number of aliphatic carboxylic acids is 1. The van der Waals surface area contributed by atoms with Crippen molar-refractivity contribution in [1.29, 1.82) is 0 Å². The second-order valence-electron chi connectivity index (χ2n) is 3.96. The number of nitro benzene ring substituents is 1. The number of fused-ring (bicyclic) bond motifs is 1. The molecule has 0 spiro atoms. The molecule has 2 aromatic rings. The third-order valence-corrected chi connectivity index (χ3v) is 2.78. The largest absolute Gasteiger partial charge is 0.479 e. The van der Waals surface area contributed by atoms with Crippen LogP contribution < -0.4 is 0 Å². The zero-order chi connectivity index (χ0) is 14.2. The Hall–Kier alpha value is -2.45. The summed E-state index contributed by atoms with van der Waals surface area (Å²) >= 11 is 0. The molecule has 0 fully saturated rings. The van der Waals surface area contributed by atoms with Crippen LogP contribution in [0.3, 0.4) is 0 Å². The lowest BCUT2D eigenvalue weighted by molar-refractivity contribution is -0.384. The molecule has 8 nitrogen and oxygen atoms in total. The van der Waals surface area contributed by atoms with Gasteiger partial charge >= 0.3 is 5.97 Å². The average Bonchev–Trinajstić information content (AvgIpc) is 2.79. The van der Waals surface area contributed by atoms with Crippen LogP contribution in [-0.2, 0) is 4.79 Å². The lowest BCUT2D eigenvalue weighted by Crippen LogP contribution is -2.27. The van der Waals surface area contributed by atoms with E-state index in [-0.39, 0.29) is 11.3 Å². The molecule has 0 saturated heterocycles. The van der Waals surface area contributed by atoms with Gasteiger partial charge < -0.3 is 20.3 Å². The molecule has 2 rings (SSSR count). The number of benzene rings is 1. The van der Waals surface area contributed by atoms with Crippen molar-refractivity contribution in [2.45, 2.75) is 12.2 Å². The summed E-state index contributed by atoms with van der Waals surface area (Å²) < 4.78 is 0. The van der Waals surface area contributed by atoms with Crippen LogP contribution in [-0.4, -0.2) is 37.3 Å². The van der Waals surface area contributed by atoms with Gasteiger partial charge in [-0.05, 0) is 6.07 Å². The van der Waals surface area contributed by atoms with E-state index >= 15 is 0 Å². The predicted octanol–water partition coefficient (Wildman–Crippen LogP) is 0.555. The van der Waals surface area contributed by atoms with Crippen LogP contribution in [0.4, 0.5) is 5.69 Å². The predicted molar refractivity (Wildman–Crippen MR) is 63.6 cm³/mol. The van der Waals surface area contributed by atoms with Gasteiger partial charge in [-0.15, -0.1) is 0 Å². The van der Waals surface area contributed by atoms with Crippen molar-refractivity contribution in [1.82, 2.24) is 4.98 Å². The summed E-state index contributed by atoms with van der Waals surface area (Å²) in [6, 6.07) is 3.93. The number of rotatable bonds is 4. The third kappa shape index (κ3) is 2.26. The summed E-state index contributed by atoms with van der Waals surface area (Å²) in [5.41, 5.74) is 0.399. The molecule has 0 bridgehead atoms. The van der Waals surface area contributed by atoms with Gasteiger partial charge in [0.05, 0.1) is 4.92 Å². The Bertz CT molecular complexity index is 650. The summed E-state index contributed by atoms with van der Waals surface area (Å²) in [5, 5.41) is 38.7. The highest BCUT2D eigenvalue weighted by Crippen LogP contribution is 2.29. The van der Waals surface area contributed by atoms with Crippen LogP contribution in [0.15, 0.2) is 24.4 Å². The number of nitro groups is 1. The van der Waals surface area contributed by atoms with Crippen LogP contribution in [0.25, 0.3) is 10.9 Å². The lowest BCUT2D eigenvalue weighted by Gasteiger charge is -2.12. The number of aromatic amines is 1. The lowest BCUT2D eigenvalue weighted by atomic mass is 10.0. The fourth-order valence-corrected chi connectivity index (χ4v) is 1.79. The maximum absolute atomic E-state index is 10.7. The minimum absolute atomic E-state index is 0.0913. The quantitative estimate of drug-likeness (QED) is 0.471. The molecule has 0 amide bonds. The number of H-pyrrole nitrogens is 1. The Labute approximate surface area is 106 Å². The van der Waals surface area contributed by atoms with Gasteiger partial charge in [-0.2, -0.15) is 0 Å². The van der Waals surface area contributed by atoms with Crippen LogP contribution in [0.5, 0.6) is 0 Å². The Morgan fingerprint density at radius 1 is 1.37 bits per heavy atom. The van der Waals surface area contributed by atoms with Crippen molar-refractivity contribution in [3.63, 3.8) is 0 Å². The van der Waals surface area contributed by atoms with E-state index in [0.717, 1.165) is 0 Å². The van der Waals surface area contributed by atoms with E-state index in [4.69, 9.17) is 5.11 Å². The Morgan fingerprint density at radius 3 is 2.63 bits per heavy atom. The minimum Gasteiger partial charge on any atom is -0.479 e. The van der Waals surface area contributed by atoms with Crippen molar-refractivity contribution < 1.29 is 25.0 Å². The number of carboxylic acid groups (broad SMARTS) is 1. The van der Waals surface area contributed by atoms with E-state index in [9.17, 15) is 25.1 Å². The van der Waals surface area contributed by atoms with Gasteiger partial charge in [0, 0.05) is 34.8 Å². The minimum atomic E-state index is -2.00. The highest BCUT2D eigenvalue weighted by atomic mass is 16.6. The fraction of sp³-hybridized carbons (Fsp3) is 0.182. The van der Waals surface area contributed by atoms with Crippen LogP contribution >= 0.6 is 0 Å². The molecule has 1 heterocycles. The van der Waals surface area contributed by atoms with Gasteiger partial charge in [-0.1, -0.05) is 0 Å².